The van der Waals surface area contributed by atoms with Crippen molar-refractivity contribution in [2.24, 2.45) is 7.05 Å². The average molecular weight is 467 g/mol. The van der Waals surface area contributed by atoms with Gasteiger partial charge < -0.3 is 0 Å². The van der Waals surface area contributed by atoms with Gasteiger partial charge in [-0.2, -0.15) is 5.10 Å². The van der Waals surface area contributed by atoms with Crippen LogP contribution in [0, 0.1) is 0 Å². The summed E-state index contributed by atoms with van der Waals surface area (Å²) in [7, 11) is 1.56. The quantitative estimate of drug-likeness (QED) is 0.369. The van der Waals surface area contributed by atoms with E-state index >= 15 is 0 Å². The predicted octanol–water partition coefficient (Wildman–Crippen LogP) is 5.54. The number of aryl methyl sites for hydroxylation is 2. The van der Waals surface area contributed by atoms with E-state index in [1.807, 2.05) is 72.8 Å². The molecule has 0 fully saturated rings. The molecule has 0 aliphatic rings. The second-order valence-electron chi connectivity index (χ2n) is 7.89. The van der Waals surface area contributed by atoms with Crippen molar-refractivity contribution in [2.75, 3.05) is 5.32 Å². The number of carbonyl (C=O) groups is 1. The first kappa shape index (κ1) is 21.7. The fraction of sp³-hybridized carbons (Fsp3) is 0.111. The molecule has 0 aliphatic heterocycles. The SMILES string of the molecule is CCc1ccc2nc(NC(=O)c3c(-c4ccccc4)c(-c4ccccc4)nn(C)c3=O)sc2c1. The Hall–Kier alpha value is -4.10. The molecule has 0 saturated heterocycles. The van der Waals surface area contributed by atoms with Crippen molar-refractivity contribution >= 4 is 32.6 Å². The zero-order valence-corrected chi connectivity index (χ0v) is 19.6. The van der Waals surface area contributed by atoms with E-state index < -0.39 is 11.5 Å². The van der Waals surface area contributed by atoms with Crippen LogP contribution in [0.3, 0.4) is 0 Å². The van der Waals surface area contributed by atoms with Gasteiger partial charge in [0.1, 0.15) is 5.56 Å². The zero-order chi connectivity index (χ0) is 23.7. The van der Waals surface area contributed by atoms with Crippen LogP contribution in [0.4, 0.5) is 5.13 Å². The molecule has 168 valence electrons. The molecule has 0 bridgehead atoms. The smallest absolute Gasteiger partial charge is 0.280 e. The number of rotatable bonds is 5. The first-order valence-electron chi connectivity index (χ1n) is 11.0. The Bertz CT molecular complexity index is 1560. The third-order valence-electron chi connectivity index (χ3n) is 5.66. The molecule has 7 heteroatoms. The van der Waals surface area contributed by atoms with Gasteiger partial charge in [-0.15, -0.1) is 0 Å². The molecule has 0 atom stereocenters. The lowest BCUT2D eigenvalue weighted by Gasteiger charge is -2.15. The van der Waals surface area contributed by atoms with E-state index in [9.17, 15) is 9.59 Å². The molecule has 0 saturated carbocycles. The Kier molecular flexibility index (Phi) is 5.77. The fourth-order valence-corrected chi connectivity index (χ4v) is 4.85. The van der Waals surface area contributed by atoms with Gasteiger partial charge in [-0.05, 0) is 29.7 Å². The minimum absolute atomic E-state index is 0.0380. The highest BCUT2D eigenvalue weighted by molar-refractivity contribution is 7.22. The van der Waals surface area contributed by atoms with Gasteiger partial charge in [-0.3, -0.25) is 14.9 Å². The summed E-state index contributed by atoms with van der Waals surface area (Å²) in [6.45, 7) is 2.10. The van der Waals surface area contributed by atoms with Gasteiger partial charge in [0.25, 0.3) is 11.5 Å². The van der Waals surface area contributed by atoms with Crippen LogP contribution in [-0.2, 0) is 13.5 Å². The van der Waals surface area contributed by atoms with Crippen molar-refractivity contribution in [1.82, 2.24) is 14.8 Å². The molecule has 0 unspecified atom stereocenters. The van der Waals surface area contributed by atoms with Gasteiger partial charge in [0, 0.05) is 18.2 Å². The second-order valence-corrected chi connectivity index (χ2v) is 8.92. The number of carbonyl (C=O) groups excluding carboxylic acids is 1. The van der Waals surface area contributed by atoms with Crippen LogP contribution in [-0.4, -0.2) is 20.7 Å². The van der Waals surface area contributed by atoms with Crippen LogP contribution in [0.15, 0.2) is 83.7 Å². The van der Waals surface area contributed by atoms with Crippen molar-refractivity contribution in [3.05, 3.63) is 100 Å². The van der Waals surface area contributed by atoms with Crippen molar-refractivity contribution in [3.63, 3.8) is 0 Å². The minimum atomic E-state index is -0.506. The molecule has 1 amide bonds. The van der Waals surface area contributed by atoms with E-state index in [2.05, 4.69) is 28.4 Å². The maximum atomic E-state index is 13.6. The van der Waals surface area contributed by atoms with E-state index in [0.29, 0.717) is 16.4 Å². The van der Waals surface area contributed by atoms with Crippen LogP contribution in [0.2, 0.25) is 0 Å². The van der Waals surface area contributed by atoms with E-state index in [1.54, 1.807) is 7.05 Å². The van der Waals surface area contributed by atoms with Gasteiger partial charge in [0.05, 0.1) is 15.9 Å². The molecular formula is C27H22N4O2S. The highest BCUT2D eigenvalue weighted by atomic mass is 32.1. The van der Waals surface area contributed by atoms with E-state index in [1.165, 1.54) is 21.6 Å². The van der Waals surface area contributed by atoms with Crippen LogP contribution in [0.1, 0.15) is 22.8 Å². The number of benzene rings is 3. The molecule has 3 aromatic carbocycles. The maximum absolute atomic E-state index is 13.6. The minimum Gasteiger partial charge on any atom is -0.298 e. The van der Waals surface area contributed by atoms with Crippen molar-refractivity contribution in [1.29, 1.82) is 0 Å². The number of aromatic nitrogens is 3. The first-order valence-corrected chi connectivity index (χ1v) is 11.8. The summed E-state index contributed by atoms with van der Waals surface area (Å²) >= 11 is 1.39. The van der Waals surface area contributed by atoms with E-state index in [-0.39, 0.29) is 5.56 Å². The molecule has 2 aromatic heterocycles. The Labute approximate surface area is 200 Å². The largest absolute Gasteiger partial charge is 0.298 e. The summed E-state index contributed by atoms with van der Waals surface area (Å²) in [5.41, 5.74) is 4.22. The number of thiazole rings is 1. The number of hydrogen-bond donors (Lipinski definition) is 1. The first-order chi connectivity index (χ1) is 16.5. The molecule has 34 heavy (non-hydrogen) atoms. The number of anilines is 1. The van der Waals surface area contributed by atoms with Gasteiger partial charge in [-0.1, -0.05) is 85.0 Å². The number of hydrogen-bond acceptors (Lipinski definition) is 5. The van der Waals surface area contributed by atoms with Crippen LogP contribution >= 0.6 is 11.3 Å². The molecular weight excluding hydrogens is 444 g/mol. The average Bonchev–Trinajstić information content (AvgIpc) is 3.27. The monoisotopic (exact) mass is 466 g/mol. The molecule has 2 heterocycles. The van der Waals surface area contributed by atoms with Gasteiger partial charge in [0.15, 0.2) is 5.13 Å². The lowest BCUT2D eigenvalue weighted by molar-refractivity contribution is 0.102. The van der Waals surface area contributed by atoms with Crippen LogP contribution in [0.5, 0.6) is 0 Å². The zero-order valence-electron chi connectivity index (χ0n) is 18.8. The molecule has 0 spiro atoms. The summed E-state index contributed by atoms with van der Waals surface area (Å²) < 4.78 is 2.21. The maximum Gasteiger partial charge on any atom is 0.280 e. The normalized spacial score (nSPS) is 11.0. The summed E-state index contributed by atoms with van der Waals surface area (Å²) in [6, 6.07) is 25.0. The Morgan fingerprint density at radius 2 is 1.65 bits per heavy atom. The fourth-order valence-electron chi connectivity index (χ4n) is 3.93. The summed E-state index contributed by atoms with van der Waals surface area (Å²) in [6.07, 6.45) is 0.922. The van der Waals surface area contributed by atoms with Crippen LogP contribution in [0.25, 0.3) is 32.6 Å². The number of fused-ring (bicyclic) bond motifs is 1. The van der Waals surface area contributed by atoms with Crippen LogP contribution < -0.4 is 10.9 Å². The molecule has 5 aromatic rings. The Morgan fingerprint density at radius 3 is 2.32 bits per heavy atom. The number of nitrogens with one attached hydrogen (secondary N) is 1. The second kappa shape index (κ2) is 9.03. The van der Waals surface area contributed by atoms with E-state index in [0.717, 1.165) is 27.8 Å². The van der Waals surface area contributed by atoms with Gasteiger partial charge in [-0.25, -0.2) is 9.67 Å². The number of nitrogens with zero attached hydrogens (tertiary/aromatic N) is 3. The van der Waals surface area contributed by atoms with Crippen molar-refractivity contribution < 1.29 is 4.79 Å². The third kappa shape index (κ3) is 4.02. The topological polar surface area (TPSA) is 76.9 Å². The number of amides is 1. The molecule has 6 nitrogen and oxygen atoms in total. The molecule has 1 N–H and O–H groups in total. The standard InChI is InChI=1S/C27H22N4O2S/c1-3-17-14-15-20-21(16-17)34-27(28-20)29-25(32)23-22(18-10-6-4-7-11-18)24(30-31(2)26(23)33)19-12-8-5-9-13-19/h4-16H,3H2,1-2H3,(H,28,29,32). The highest BCUT2D eigenvalue weighted by Gasteiger charge is 2.25. The Balaban J connectivity index is 1.66. The summed E-state index contributed by atoms with van der Waals surface area (Å²) in [4.78, 5) is 31.4. The third-order valence-corrected chi connectivity index (χ3v) is 6.60. The lowest BCUT2D eigenvalue weighted by Crippen LogP contribution is -2.31. The molecule has 5 rings (SSSR count). The van der Waals surface area contributed by atoms with Crippen molar-refractivity contribution in [3.8, 4) is 22.4 Å². The lowest BCUT2D eigenvalue weighted by atomic mass is 9.95. The molecule has 0 aliphatic carbocycles. The van der Waals surface area contributed by atoms with E-state index in [4.69, 9.17) is 0 Å². The van der Waals surface area contributed by atoms with Gasteiger partial charge in [0.2, 0.25) is 0 Å². The summed E-state index contributed by atoms with van der Waals surface area (Å²) in [5.74, 6) is -0.506. The van der Waals surface area contributed by atoms with Gasteiger partial charge >= 0.3 is 0 Å². The Morgan fingerprint density at radius 1 is 0.971 bits per heavy atom. The molecule has 0 radical (unpaired) electrons. The summed E-state index contributed by atoms with van der Waals surface area (Å²) in [5, 5.41) is 7.86. The van der Waals surface area contributed by atoms with Crippen molar-refractivity contribution in [2.45, 2.75) is 13.3 Å². The highest BCUT2D eigenvalue weighted by Crippen LogP contribution is 2.33. The predicted molar refractivity (Wildman–Crippen MR) is 137 cm³/mol.